The highest BCUT2D eigenvalue weighted by Gasteiger charge is 2.13. The van der Waals surface area contributed by atoms with Crippen molar-refractivity contribution in [2.24, 2.45) is 7.05 Å². The third-order valence-corrected chi connectivity index (χ3v) is 4.17. The first kappa shape index (κ1) is 16.7. The quantitative estimate of drug-likeness (QED) is 0.304. The summed E-state index contributed by atoms with van der Waals surface area (Å²) >= 11 is 0. The molecule has 3 aromatic heterocycles. The Hall–Kier alpha value is -3.75. The Kier molecular flexibility index (Phi) is 3.84. The van der Waals surface area contributed by atoms with Crippen LogP contribution < -0.4 is 15.9 Å². The highest BCUT2D eigenvalue weighted by Crippen LogP contribution is 2.22. The summed E-state index contributed by atoms with van der Waals surface area (Å²) in [6.07, 6.45) is 2.68. The van der Waals surface area contributed by atoms with Crippen LogP contribution in [0.3, 0.4) is 0 Å². The average Bonchev–Trinajstić information content (AvgIpc) is 2.98. The molecule has 0 amide bonds. The van der Waals surface area contributed by atoms with Gasteiger partial charge in [-0.25, -0.2) is 14.6 Å². The van der Waals surface area contributed by atoms with Crippen LogP contribution in [0, 0.1) is 6.92 Å². The number of hydrogen-bond donors (Lipinski definition) is 0. The van der Waals surface area contributed by atoms with Gasteiger partial charge in [-0.1, -0.05) is 0 Å². The number of aromatic nitrogens is 4. The molecule has 9 heteroatoms. The number of rotatable bonds is 3. The molecule has 0 aliphatic heterocycles. The number of ether oxygens (including phenoxy) is 1. The molecule has 0 aliphatic carbocycles. The van der Waals surface area contributed by atoms with Gasteiger partial charge in [0.15, 0.2) is 5.65 Å². The van der Waals surface area contributed by atoms with Crippen molar-refractivity contribution in [2.45, 2.75) is 13.5 Å². The summed E-state index contributed by atoms with van der Waals surface area (Å²) in [5.41, 5.74) is 0.656. The van der Waals surface area contributed by atoms with E-state index in [0.717, 1.165) is 15.5 Å². The Morgan fingerprint density at radius 2 is 2.04 bits per heavy atom. The van der Waals surface area contributed by atoms with Gasteiger partial charge in [0.25, 0.3) is 5.56 Å². The van der Waals surface area contributed by atoms with Crippen molar-refractivity contribution in [1.82, 2.24) is 19.3 Å². The maximum atomic E-state index is 12.4. The van der Waals surface area contributed by atoms with Crippen molar-refractivity contribution in [3.05, 3.63) is 63.1 Å². The zero-order valence-corrected chi connectivity index (χ0v) is 14.5. The molecule has 0 spiro atoms. The Labute approximate surface area is 151 Å². The lowest BCUT2D eigenvalue weighted by molar-refractivity contribution is -0.135. The zero-order valence-electron chi connectivity index (χ0n) is 14.5. The van der Waals surface area contributed by atoms with Crippen molar-refractivity contribution in [1.29, 1.82) is 0 Å². The molecule has 0 atom stereocenters. The minimum absolute atomic E-state index is 0.213. The standard InChI is InChI=1S/C18H14N4O5/c1-10-5-15(23)27-14-6-11(3-4-12(10)14)26-16(24)8-22-9-19-17-13(18(22)25)7-20-21(17)2/h3-7,9H,8H2,1-2H3. The van der Waals surface area contributed by atoms with Crippen LogP contribution in [0.4, 0.5) is 0 Å². The van der Waals surface area contributed by atoms with E-state index in [2.05, 4.69) is 10.1 Å². The molecule has 1 aromatic carbocycles. The van der Waals surface area contributed by atoms with Crippen LogP contribution in [0.25, 0.3) is 22.0 Å². The second-order valence-electron chi connectivity index (χ2n) is 6.06. The fourth-order valence-corrected chi connectivity index (χ4v) is 2.85. The van der Waals surface area contributed by atoms with Crippen LogP contribution in [0.15, 0.2) is 50.8 Å². The van der Waals surface area contributed by atoms with E-state index in [-0.39, 0.29) is 17.9 Å². The van der Waals surface area contributed by atoms with Crippen LogP contribution in [-0.2, 0) is 18.4 Å². The van der Waals surface area contributed by atoms with Crippen molar-refractivity contribution >= 4 is 28.0 Å². The van der Waals surface area contributed by atoms with Crippen LogP contribution in [0.1, 0.15) is 5.56 Å². The molecule has 27 heavy (non-hydrogen) atoms. The summed E-state index contributed by atoms with van der Waals surface area (Å²) in [4.78, 5) is 40.2. The van der Waals surface area contributed by atoms with Gasteiger partial charge < -0.3 is 9.15 Å². The van der Waals surface area contributed by atoms with E-state index in [0.29, 0.717) is 16.6 Å². The smallest absolute Gasteiger partial charge is 0.336 e. The Morgan fingerprint density at radius 3 is 2.85 bits per heavy atom. The minimum Gasteiger partial charge on any atom is -0.425 e. The molecule has 9 nitrogen and oxygen atoms in total. The molecule has 4 aromatic rings. The van der Waals surface area contributed by atoms with Crippen LogP contribution in [0.2, 0.25) is 0 Å². The number of fused-ring (bicyclic) bond motifs is 2. The minimum atomic E-state index is -0.656. The topological polar surface area (TPSA) is 109 Å². The molecule has 0 N–H and O–H groups in total. The van der Waals surface area contributed by atoms with Gasteiger partial charge in [-0.05, 0) is 24.6 Å². The zero-order chi connectivity index (χ0) is 19.1. The summed E-state index contributed by atoms with van der Waals surface area (Å²) in [6.45, 7) is 1.48. The molecule has 0 aliphatic rings. The molecule has 0 unspecified atom stereocenters. The maximum absolute atomic E-state index is 12.4. The molecule has 0 saturated heterocycles. The maximum Gasteiger partial charge on any atom is 0.336 e. The number of aryl methyl sites for hydroxylation is 2. The van der Waals surface area contributed by atoms with Gasteiger partial charge in [-0.3, -0.25) is 14.0 Å². The van der Waals surface area contributed by atoms with Crippen LogP contribution >= 0.6 is 0 Å². The van der Waals surface area contributed by atoms with Gasteiger partial charge >= 0.3 is 11.6 Å². The summed E-state index contributed by atoms with van der Waals surface area (Å²) in [5.74, 6) is -0.443. The highest BCUT2D eigenvalue weighted by atomic mass is 16.5. The Morgan fingerprint density at radius 1 is 1.22 bits per heavy atom. The van der Waals surface area contributed by atoms with E-state index in [1.807, 2.05) is 0 Å². The van der Waals surface area contributed by atoms with E-state index in [1.54, 1.807) is 26.1 Å². The monoisotopic (exact) mass is 366 g/mol. The van der Waals surface area contributed by atoms with Gasteiger partial charge in [-0.2, -0.15) is 5.10 Å². The molecule has 0 radical (unpaired) electrons. The summed E-state index contributed by atoms with van der Waals surface area (Å²) in [7, 11) is 1.67. The van der Waals surface area contributed by atoms with Crippen molar-refractivity contribution in [2.75, 3.05) is 0 Å². The Bertz CT molecular complexity index is 1320. The van der Waals surface area contributed by atoms with Gasteiger partial charge in [0, 0.05) is 24.6 Å². The molecule has 0 fully saturated rings. The first-order valence-electron chi connectivity index (χ1n) is 8.05. The first-order valence-corrected chi connectivity index (χ1v) is 8.05. The summed E-state index contributed by atoms with van der Waals surface area (Å²) < 4.78 is 13.0. The van der Waals surface area contributed by atoms with E-state index in [4.69, 9.17) is 9.15 Å². The van der Waals surface area contributed by atoms with Crippen molar-refractivity contribution in [3.63, 3.8) is 0 Å². The van der Waals surface area contributed by atoms with E-state index in [1.165, 1.54) is 29.3 Å². The number of nitrogens with zero attached hydrogens (tertiary/aromatic N) is 4. The molecular weight excluding hydrogens is 352 g/mol. The molecule has 0 saturated carbocycles. The van der Waals surface area contributed by atoms with Crippen molar-refractivity contribution in [3.8, 4) is 5.75 Å². The summed E-state index contributed by atoms with van der Waals surface area (Å²) in [6, 6.07) is 6.15. The van der Waals surface area contributed by atoms with Crippen molar-refractivity contribution < 1.29 is 13.9 Å². The first-order chi connectivity index (χ1) is 12.9. The van der Waals surface area contributed by atoms with Gasteiger partial charge in [0.05, 0.1) is 6.20 Å². The van der Waals surface area contributed by atoms with Gasteiger partial charge in [0.1, 0.15) is 29.6 Å². The lowest BCUT2D eigenvalue weighted by atomic mass is 10.1. The largest absolute Gasteiger partial charge is 0.425 e. The molecule has 0 bridgehead atoms. The normalized spacial score (nSPS) is 11.2. The average molecular weight is 366 g/mol. The lowest BCUT2D eigenvalue weighted by Gasteiger charge is -2.07. The fourth-order valence-electron chi connectivity index (χ4n) is 2.85. The number of hydrogen-bond acceptors (Lipinski definition) is 7. The molecule has 136 valence electrons. The van der Waals surface area contributed by atoms with Crippen LogP contribution in [0.5, 0.6) is 5.75 Å². The lowest BCUT2D eigenvalue weighted by Crippen LogP contribution is -2.26. The SMILES string of the molecule is Cc1cc(=O)oc2cc(OC(=O)Cn3cnc4c(cnn4C)c3=O)ccc12. The highest BCUT2D eigenvalue weighted by molar-refractivity contribution is 5.82. The molecular formula is C18H14N4O5. The van der Waals surface area contributed by atoms with E-state index >= 15 is 0 Å². The fraction of sp³-hybridized carbons (Fsp3) is 0.167. The van der Waals surface area contributed by atoms with E-state index < -0.39 is 11.6 Å². The third-order valence-electron chi connectivity index (χ3n) is 4.17. The summed E-state index contributed by atoms with van der Waals surface area (Å²) in [5, 5.41) is 5.04. The Balaban J connectivity index is 1.59. The molecule has 4 rings (SSSR count). The predicted octanol–water partition coefficient (Wildman–Crippen LogP) is 1.15. The predicted molar refractivity (Wildman–Crippen MR) is 95.6 cm³/mol. The number of carbonyl (C=O) groups is 1. The third kappa shape index (κ3) is 2.99. The second-order valence-corrected chi connectivity index (χ2v) is 6.06. The van der Waals surface area contributed by atoms with Gasteiger partial charge in [0.2, 0.25) is 0 Å². The number of carbonyl (C=O) groups excluding carboxylic acids is 1. The second kappa shape index (κ2) is 6.20. The van der Waals surface area contributed by atoms with Crippen LogP contribution in [-0.4, -0.2) is 25.3 Å². The number of benzene rings is 1. The molecule has 3 heterocycles. The number of esters is 1. The van der Waals surface area contributed by atoms with Gasteiger partial charge in [-0.15, -0.1) is 0 Å². The van der Waals surface area contributed by atoms with E-state index in [9.17, 15) is 14.4 Å².